The molecule has 1 heterocycles. The first-order valence-corrected chi connectivity index (χ1v) is 8.64. The first kappa shape index (κ1) is 19.0. The molecule has 1 aromatic rings. The number of carbonyl (C=O) groups is 1. The molecule has 1 saturated heterocycles. The van der Waals surface area contributed by atoms with E-state index in [-0.39, 0.29) is 37.7 Å². The highest BCUT2D eigenvalue weighted by molar-refractivity contribution is 7.89. The lowest BCUT2D eigenvalue weighted by Crippen LogP contribution is -2.49. The van der Waals surface area contributed by atoms with E-state index in [4.69, 9.17) is 16.7 Å². The summed E-state index contributed by atoms with van der Waals surface area (Å²) in [5, 5.41) is 8.42. The van der Waals surface area contributed by atoms with E-state index in [1.54, 1.807) is 4.90 Å². The van der Waals surface area contributed by atoms with Crippen LogP contribution in [0.25, 0.3) is 0 Å². The van der Waals surface area contributed by atoms with Crippen LogP contribution >= 0.6 is 11.6 Å². The second kappa shape index (κ2) is 6.87. The molecule has 0 aromatic heterocycles. The van der Waals surface area contributed by atoms with Gasteiger partial charge in [0, 0.05) is 26.2 Å². The van der Waals surface area contributed by atoms with Gasteiger partial charge in [0.15, 0.2) is 0 Å². The molecule has 1 N–H and O–H groups in total. The molecule has 0 atom stereocenters. The lowest BCUT2D eigenvalue weighted by Gasteiger charge is -2.33. The Kier molecular flexibility index (Phi) is 5.43. The molecule has 134 valence electrons. The molecule has 0 spiro atoms. The van der Waals surface area contributed by atoms with Crippen molar-refractivity contribution in [2.75, 3.05) is 32.7 Å². The fourth-order valence-corrected chi connectivity index (χ4v) is 4.26. The third kappa shape index (κ3) is 4.18. The van der Waals surface area contributed by atoms with Crippen LogP contribution in [0, 0.1) is 0 Å². The number of hydrogen-bond donors (Lipinski definition) is 1. The number of rotatable bonds is 4. The summed E-state index contributed by atoms with van der Waals surface area (Å²) in [6, 6.07) is 2.13. The summed E-state index contributed by atoms with van der Waals surface area (Å²) in [7, 11) is -4.20. The molecule has 1 aliphatic rings. The maximum Gasteiger partial charge on any atom is 0.416 e. The number of alkyl halides is 3. The van der Waals surface area contributed by atoms with Crippen LogP contribution in [0.15, 0.2) is 23.1 Å². The number of benzene rings is 1. The summed E-state index contributed by atoms with van der Waals surface area (Å²) < 4.78 is 64.5. The molecule has 0 bridgehead atoms. The summed E-state index contributed by atoms with van der Waals surface area (Å²) in [5.41, 5.74) is -1.10. The van der Waals surface area contributed by atoms with Gasteiger partial charge in [-0.1, -0.05) is 11.6 Å². The summed E-state index contributed by atoms with van der Waals surface area (Å²) in [4.78, 5) is 11.6. The van der Waals surface area contributed by atoms with Crippen LogP contribution in [-0.2, 0) is 21.0 Å². The number of sulfonamides is 1. The predicted octanol–water partition coefficient (Wildman–Crippen LogP) is 1.75. The Hall–Kier alpha value is -1.36. The van der Waals surface area contributed by atoms with Crippen molar-refractivity contribution >= 4 is 27.6 Å². The summed E-state index contributed by atoms with van der Waals surface area (Å²) >= 11 is 5.79. The number of halogens is 4. The van der Waals surface area contributed by atoms with E-state index in [0.29, 0.717) is 12.1 Å². The van der Waals surface area contributed by atoms with E-state index in [0.717, 1.165) is 10.4 Å². The van der Waals surface area contributed by atoms with Crippen LogP contribution < -0.4 is 0 Å². The molecule has 0 amide bonds. The van der Waals surface area contributed by atoms with Gasteiger partial charge in [-0.05, 0) is 18.2 Å². The SMILES string of the molecule is O=C(O)CN1CCN(S(=O)(=O)c2cc(C(F)(F)F)ccc2Cl)CC1. The van der Waals surface area contributed by atoms with Crippen LogP contribution in [0.5, 0.6) is 0 Å². The van der Waals surface area contributed by atoms with Crippen molar-refractivity contribution in [1.29, 1.82) is 0 Å². The van der Waals surface area contributed by atoms with E-state index >= 15 is 0 Å². The van der Waals surface area contributed by atoms with Gasteiger partial charge in [0.05, 0.1) is 17.1 Å². The average molecular weight is 387 g/mol. The molecule has 11 heteroatoms. The van der Waals surface area contributed by atoms with Crippen LogP contribution in [0.2, 0.25) is 5.02 Å². The first-order chi connectivity index (χ1) is 11.0. The molecule has 6 nitrogen and oxygen atoms in total. The Balaban J connectivity index is 2.24. The fourth-order valence-electron chi connectivity index (χ4n) is 2.34. The van der Waals surface area contributed by atoms with Crippen molar-refractivity contribution < 1.29 is 31.5 Å². The second-order valence-corrected chi connectivity index (χ2v) is 7.53. The third-order valence-corrected chi connectivity index (χ3v) is 5.95. The first-order valence-electron chi connectivity index (χ1n) is 6.83. The van der Waals surface area contributed by atoms with Crippen molar-refractivity contribution in [2.24, 2.45) is 0 Å². The highest BCUT2D eigenvalue weighted by Gasteiger charge is 2.35. The number of aliphatic carboxylic acids is 1. The smallest absolute Gasteiger partial charge is 0.416 e. The number of hydrogen-bond acceptors (Lipinski definition) is 4. The van der Waals surface area contributed by atoms with Gasteiger partial charge in [0.2, 0.25) is 10.0 Å². The Morgan fingerprint density at radius 2 is 1.79 bits per heavy atom. The third-order valence-electron chi connectivity index (χ3n) is 3.57. The minimum atomic E-state index is -4.69. The van der Waals surface area contributed by atoms with E-state index in [1.165, 1.54) is 0 Å². The number of carboxylic acids is 1. The average Bonchev–Trinajstić information content (AvgIpc) is 2.46. The Bertz CT molecular complexity index is 731. The molecular formula is C13H14ClF3N2O4S. The zero-order valence-corrected chi connectivity index (χ0v) is 13.8. The second-order valence-electron chi connectivity index (χ2n) is 5.22. The molecule has 1 aliphatic heterocycles. The topological polar surface area (TPSA) is 77.9 Å². The molecular weight excluding hydrogens is 373 g/mol. The largest absolute Gasteiger partial charge is 0.480 e. The van der Waals surface area contributed by atoms with Gasteiger partial charge in [0.25, 0.3) is 0 Å². The van der Waals surface area contributed by atoms with Crippen molar-refractivity contribution in [1.82, 2.24) is 9.21 Å². The van der Waals surface area contributed by atoms with Crippen molar-refractivity contribution in [2.45, 2.75) is 11.1 Å². The molecule has 0 aliphatic carbocycles. The maximum absolute atomic E-state index is 12.8. The van der Waals surface area contributed by atoms with Gasteiger partial charge in [0.1, 0.15) is 4.90 Å². The van der Waals surface area contributed by atoms with Gasteiger partial charge < -0.3 is 5.11 Å². The number of nitrogens with zero attached hydrogens (tertiary/aromatic N) is 2. The van der Waals surface area contributed by atoms with Crippen molar-refractivity contribution in [3.8, 4) is 0 Å². The van der Waals surface area contributed by atoms with Crippen molar-refractivity contribution in [3.63, 3.8) is 0 Å². The molecule has 2 rings (SSSR count). The van der Waals surface area contributed by atoms with Crippen LogP contribution in [0.1, 0.15) is 5.56 Å². The van der Waals surface area contributed by atoms with E-state index < -0.39 is 32.6 Å². The summed E-state index contributed by atoms with van der Waals surface area (Å²) in [5.74, 6) is -1.03. The molecule has 0 saturated carbocycles. The highest BCUT2D eigenvalue weighted by atomic mass is 35.5. The fraction of sp³-hybridized carbons (Fsp3) is 0.462. The molecule has 1 aromatic carbocycles. The van der Waals surface area contributed by atoms with Gasteiger partial charge in [-0.2, -0.15) is 17.5 Å². The molecule has 1 fully saturated rings. The number of piperazine rings is 1. The van der Waals surface area contributed by atoms with Crippen molar-refractivity contribution in [3.05, 3.63) is 28.8 Å². The van der Waals surface area contributed by atoms with Gasteiger partial charge in [-0.15, -0.1) is 0 Å². The van der Waals surface area contributed by atoms with E-state index in [2.05, 4.69) is 0 Å². The Morgan fingerprint density at radius 1 is 1.21 bits per heavy atom. The lowest BCUT2D eigenvalue weighted by molar-refractivity contribution is -0.139. The van der Waals surface area contributed by atoms with Gasteiger partial charge in [-0.3, -0.25) is 9.69 Å². The monoisotopic (exact) mass is 386 g/mol. The Labute approximate surface area is 141 Å². The Morgan fingerprint density at radius 3 is 2.29 bits per heavy atom. The zero-order valence-electron chi connectivity index (χ0n) is 12.3. The number of carboxylic acid groups (broad SMARTS) is 1. The summed E-state index contributed by atoms with van der Waals surface area (Å²) in [6.45, 7) is 0.0623. The van der Waals surface area contributed by atoms with E-state index in [9.17, 15) is 26.4 Å². The predicted molar refractivity (Wildman–Crippen MR) is 79.3 cm³/mol. The van der Waals surface area contributed by atoms with E-state index in [1.807, 2.05) is 0 Å². The molecule has 0 radical (unpaired) electrons. The molecule has 0 unspecified atom stereocenters. The van der Waals surface area contributed by atoms with Gasteiger partial charge in [-0.25, -0.2) is 8.42 Å². The quantitative estimate of drug-likeness (QED) is 0.853. The minimum Gasteiger partial charge on any atom is -0.480 e. The summed E-state index contributed by atoms with van der Waals surface area (Å²) in [6.07, 6.45) is -4.69. The molecule has 24 heavy (non-hydrogen) atoms. The normalized spacial score (nSPS) is 17.8. The zero-order chi connectivity index (χ0) is 18.1. The van der Waals surface area contributed by atoms with Crippen LogP contribution in [0.4, 0.5) is 13.2 Å². The maximum atomic E-state index is 12.8. The highest BCUT2D eigenvalue weighted by Crippen LogP contribution is 2.34. The minimum absolute atomic E-state index is 0.0256. The van der Waals surface area contributed by atoms with Crippen LogP contribution in [0.3, 0.4) is 0 Å². The lowest BCUT2D eigenvalue weighted by atomic mass is 10.2. The standard InChI is InChI=1S/C13H14ClF3N2O4S/c14-10-2-1-9(13(15,16)17)7-11(10)24(22,23)19-5-3-18(4-6-19)8-12(20)21/h1-2,7H,3-6,8H2,(H,20,21). The van der Waals surface area contributed by atoms with Crippen LogP contribution in [-0.4, -0.2) is 61.4 Å². The van der Waals surface area contributed by atoms with Gasteiger partial charge >= 0.3 is 12.1 Å².